The molecule has 0 unspecified atom stereocenters. The van der Waals surface area contributed by atoms with Gasteiger partial charge < -0.3 is 68.5 Å². The predicted octanol–water partition coefficient (Wildman–Crippen LogP) is 8.36. The topological polar surface area (TPSA) is 185 Å². The molecule has 4 amide bonds. The summed E-state index contributed by atoms with van der Waals surface area (Å²) in [5, 5.41) is 7.76. The van der Waals surface area contributed by atoms with Crippen molar-refractivity contribution >= 4 is 56.9 Å². The largest absolute Gasteiger partial charge is 0.493 e. The van der Waals surface area contributed by atoms with Crippen LogP contribution in [0.4, 0.5) is 32.6 Å². The van der Waals surface area contributed by atoms with E-state index in [0.717, 1.165) is 102 Å². The first kappa shape index (κ1) is 55.6. The summed E-state index contributed by atoms with van der Waals surface area (Å²) in [4.78, 5) is 56.8. The lowest BCUT2D eigenvalue weighted by Gasteiger charge is -2.35. The van der Waals surface area contributed by atoms with Crippen molar-refractivity contribution in [3.63, 3.8) is 0 Å². The minimum Gasteiger partial charge on any atom is -0.493 e. The molecule has 0 atom stereocenters. The molecule has 0 radical (unpaired) electrons. The van der Waals surface area contributed by atoms with Crippen LogP contribution in [0.2, 0.25) is 0 Å². The Morgan fingerprint density at radius 3 is 1.36 bits per heavy atom. The van der Waals surface area contributed by atoms with Crippen LogP contribution in [0.25, 0.3) is 21.8 Å². The number of nitrogens with zero attached hydrogens (tertiary/aromatic N) is 10. The quantitative estimate of drug-likeness (QED) is 0.0782. The van der Waals surface area contributed by atoms with Crippen LogP contribution in [0.3, 0.4) is 0 Å². The third kappa shape index (κ3) is 14.9. The van der Waals surface area contributed by atoms with Crippen molar-refractivity contribution < 1.29 is 38.0 Å². The third-order valence-electron chi connectivity index (χ3n) is 13.6. The van der Waals surface area contributed by atoms with Gasteiger partial charge in [0, 0.05) is 119 Å². The van der Waals surface area contributed by atoms with Crippen LogP contribution in [0.1, 0.15) is 48.0 Å². The van der Waals surface area contributed by atoms with Gasteiger partial charge >= 0.3 is 12.1 Å². The Morgan fingerprint density at radius 1 is 0.532 bits per heavy atom. The number of aromatic nitrogens is 4. The number of piperazine rings is 3. The number of methoxy groups -OCH3 is 2. The number of hydrogen-bond donors (Lipinski definition) is 2. The molecule has 412 valence electrons. The zero-order chi connectivity index (χ0) is 54.3. The van der Waals surface area contributed by atoms with E-state index < -0.39 is 0 Å². The second-order valence-corrected chi connectivity index (χ2v) is 19.5. The Bertz CT molecular complexity index is 2850. The number of urea groups is 2. The van der Waals surface area contributed by atoms with Gasteiger partial charge in [-0.3, -0.25) is 0 Å². The number of hydrogen-bond acceptors (Lipinski definition) is 16. The fourth-order valence-corrected chi connectivity index (χ4v) is 9.53. The number of fused-ring (bicyclic) bond motifs is 2. The lowest BCUT2D eigenvalue weighted by atomic mass is 10.2. The maximum absolute atomic E-state index is 12.9. The number of carbonyl (C=O) groups is 2. The molecule has 9 rings (SSSR count). The van der Waals surface area contributed by atoms with Gasteiger partial charge in [0.05, 0.1) is 50.7 Å². The molecule has 5 heterocycles. The van der Waals surface area contributed by atoms with Crippen molar-refractivity contribution in [1.82, 2.24) is 39.5 Å². The van der Waals surface area contributed by atoms with Crippen molar-refractivity contribution in [3.8, 4) is 34.5 Å². The summed E-state index contributed by atoms with van der Waals surface area (Å²) in [5.41, 5.74) is 3.08. The zero-order valence-electron chi connectivity index (χ0n) is 46.0. The first-order chi connectivity index (χ1) is 37.4. The van der Waals surface area contributed by atoms with E-state index in [1.807, 2.05) is 117 Å². The Hall–Kier alpha value is -7.58. The molecule has 0 bridgehead atoms. The summed E-state index contributed by atoms with van der Waals surface area (Å²) in [6.07, 6.45) is 4.32. The van der Waals surface area contributed by atoms with Gasteiger partial charge in [-0.2, -0.15) is 0 Å². The normalized spacial score (nSPS) is 15.3. The molecule has 2 aromatic heterocycles. The lowest BCUT2D eigenvalue weighted by molar-refractivity contribution is 0.130. The fourth-order valence-electron chi connectivity index (χ4n) is 9.53. The predicted molar refractivity (Wildman–Crippen MR) is 302 cm³/mol. The minimum atomic E-state index is -0.118. The summed E-state index contributed by atoms with van der Waals surface area (Å²) in [7, 11) is 3.28. The van der Waals surface area contributed by atoms with E-state index in [9.17, 15) is 9.59 Å². The highest BCUT2D eigenvalue weighted by molar-refractivity contribution is 5.94. The van der Waals surface area contributed by atoms with Crippen molar-refractivity contribution in [2.75, 3.05) is 139 Å². The van der Waals surface area contributed by atoms with E-state index in [1.54, 1.807) is 26.9 Å². The molecule has 3 saturated heterocycles. The minimum absolute atomic E-state index is 0.104. The summed E-state index contributed by atoms with van der Waals surface area (Å²) in [5.74, 6) is 5.90. The molecule has 3 fully saturated rings. The van der Waals surface area contributed by atoms with E-state index in [-0.39, 0.29) is 24.3 Å². The molecule has 3 aliphatic heterocycles. The molecule has 3 aliphatic rings. The summed E-state index contributed by atoms with van der Waals surface area (Å²) >= 11 is 0. The van der Waals surface area contributed by atoms with Gasteiger partial charge in [0.1, 0.15) is 35.8 Å². The number of rotatable bonds is 18. The highest BCUT2D eigenvalue weighted by Crippen LogP contribution is 2.37. The van der Waals surface area contributed by atoms with Crippen LogP contribution in [0.15, 0.2) is 85.5 Å². The molecule has 20 nitrogen and oxygen atoms in total. The van der Waals surface area contributed by atoms with Crippen molar-refractivity contribution in [2.24, 2.45) is 0 Å². The molecule has 20 heteroatoms. The number of ether oxygens (including phenoxy) is 6. The molecule has 4 aromatic carbocycles. The van der Waals surface area contributed by atoms with Gasteiger partial charge in [0.25, 0.3) is 0 Å². The second kappa shape index (κ2) is 27.0. The van der Waals surface area contributed by atoms with Gasteiger partial charge in [-0.05, 0) is 108 Å². The molecule has 6 aromatic rings. The Kier molecular flexibility index (Phi) is 19.5. The summed E-state index contributed by atoms with van der Waals surface area (Å²) in [6.45, 7) is 24.9. The number of amides is 4. The number of nitrogens with one attached hydrogen (secondary N) is 2. The van der Waals surface area contributed by atoms with Crippen LogP contribution in [-0.2, 0) is 0 Å². The molecule has 2 N–H and O–H groups in total. The smallest absolute Gasteiger partial charge is 0.321 e. The third-order valence-corrected chi connectivity index (χ3v) is 13.6. The molecular formula is C57H76N12O8. The van der Waals surface area contributed by atoms with Crippen LogP contribution in [0, 0.1) is 0 Å². The highest BCUT2D eigenvalue weighted by Gasteiger charge is 2.26. The Morgan fingerprint density at radius 2 is 0.961 bits per heavy atom. The monoisotopic (exact) mass is 1060 g/mol. The molecule has 0 saturated carbocycles. The van der Waals surface area contributed by atoms with Crippen LogP contribution in [0.5, 0.6) is 34.5 Å². The molecule has 0 aliphatic carbocycles. The average molecular weight is 1060 g/mol. The molecular weight excluding hydrogens is 981 g/mol. The molecule has 77 heavy (non-hydrogen) atoms. The second-order valence-electron chi connectivity index (χ2n) is 19.5. The van der Waals surface area contributed by atoms with Crippen molar-refractivity contribution in [2.45, 2.75) is 60.2 Å². The number of likely N-dealkylation sites (N-methyl/N-ethyl adjacent to an activating group) is 1. The number of anilines is 4. The van der Waals surface area contributed by atoms with Crippen LogP contribution < -0.4 is 48.9 Å². The lowest BCUT2D eigenvalue weighted by Crippen LogP contribution is -2.50. The maximum atomic E-state index is 12.9. The van der Waals surface area contributed by atoms with Gasteiger partial charge in [-0.1, -0.05) is 6.92 Å². The fraction of sp³-hybridized carbons (Fsp3) is 0.474. The van der Waals surface area contributed by atoms with Crippen LogP contribution >= 0.6 is 0 Å². The van der Waals surface area contributed by atoms with Crippen molar-refractivity contribution in [1.29, 1.82) is 0 Å². The van der Waals surface area contributed by atoms with Crippen molar-refractivity contribution in [3.05, 3.63) is 85.5 Å². The van der Waals surface area contributed by atoms with Gasteiger partial charge in [0.2, 0.25) is 0 Å². The van der Waals surface area contributed by atoms with Gasteiger partial charge in [0.15, 0.2) is 23.0 Å². The van der Waals surface area contributed by atoms with E-state index in [0.29, 0.717) is 88.6 Å². The van der Waals surface area contributed by atoms with E-state index >= 15 is 0 Å². The molecule has 0 spiro atoms. The van der Waals surface area contributed by atoms with E-state index in [1.165, 1.54) is 0 Å². The van der Waals surface area contributed by atoms with E-state index in [4.69, 9.17) is 28.4 Å². The van der Waals surface area contributed by atoms with Crippen LogP contribution in [-0.4, -0.2) is 183 Å². The first-order valence-electron chi connectivity index (χ1n) is 26.9. The SMILES string of the molecule is CCN1CCN(CCCOc2cc3ncnc(N4CCN(C(=O)Nc5ccc(OC(C)C)cc5)CC4)c3cc2OC)CC1.CCOc1cc2ncnc(N3CCN(C(=O)Nc4ccc(OC(C)C)cc4)CC3)c2cc1OC. The van der Waals surface area contributed by atoms with Gasteiger partial charge in [-0.15, -0.1) is 0 Å². The zero-order valence-corrected chi connectivity index (χ0v) is 46.0. The Labute approximate surface area is 452 Å². The summed E-state index contributed by atoms with van der Waals surface area (Å²) < 4.78 is 34.4. The summed E-state index contributed by atoms with van der Waals surface area (Å²) in [6, 6.07) is 22.4. The Balaban J connectivity index is 0.000000209. The maximum Gasteiger partial charge on any atom is 0.321 e. The first-order valence-corrected chi connectivity index (χ1v) is 26.9. The standard InChI is InChI=1S/C32H45N7O4.C25H31N5O4/c1-5-36-12-14-37(15-13-36)11-6-20-42-30-22-28-27(21-29(30)41-4)31(34-23-33-28)38-16-18-39(19-17-38)32(40)35-25-7-9-26(10-8-25)43-24(2)3;1-5-33-23-15-21-20(14-22(23)32-4)24(27-16-26-21)29-10-12-30(13-11-29)25(31)28-18-6-8-19(9-7-18)34-17(2)3/h7-10,21-24H,5-6,11-20H2,1-4H3,(H,35,40);6-9,14-17H,5,10-13H2,1-4H3,(H,28,31). The highest BCUT2D eigenvalue weighted by atomic mass is 16.5. The average Bonchev–Trinajstić information content (AvgIpc) is 3.45. The van der Waals surface area contributed by atoms with Gasteiger partial charge in [-0.25, -0.2) is 29.5 Å². The number of benzene rings is 4. The number of carbonyl (C=O) groups excluding carboxylic acids is 2. The van der Waals surface area contributed by atoms with E-state index in [2.05, 4.69) is 57.1 Å².